The molecule has 1 N–H and O–H groups in total. The van der Waals surface area contributed by atoms with Gasteiger partial charge >= 0.3 is 5.97 Å². The second-order valence-corrected chi connectivity index (χ2v) is 7.31. The van der Waals surface area contributed by atoms with Crippen LogP contribution in [0, 0.1) is 6.92 Å². The second kappa shape index (κ2) is 8.05. The first-order valence-electron chi connectivity index (χ1n) is 7.18. The summed E-state index contributed by atoms with van der Waals surface area (Å²) >= 11 is 1.45. The highest BCUT2D eigenvalue weighted by molar-refractivity contribution is 7.09. The lowest BCUT2D eigenvalue weighted by Gasteiger charge is -2.23. The zero-order chi connectivity index (χ0) is 17.6. The molecule has 0 radical (unpaired) electrons. The summed E-state index contributed by atoms with van der Waals surface area (Å²) < 4.78 is 4.92. The van der Waals surface area contributed by atoms with E-state index in [4.69, 9.17) is 4.74 Å². The molecule has 0 unspecified atom stereocenters. The minimum Gasteiger partial charge on any atom is -0.455 e. The van der Waals surface area contributed by atoms with Gasteiger partial charge in [-0.3, -0.25) is 14.4 Å². The number of amides is 2. The van der Waals surface area contributed by atoms with Crippen LogP contribution >= 0.6 is 11.3 Å². The molecule has 0 bridgehead atoms. The summed E-state index contributed by atoms with van der Waals surface area (Å²) in [5.41, 5.74) is 0.266. The molecule has 0 fully saturated rings. The number of carbonyl (C=O) groups is 3. The first-order valence-corrected chi connectivity index (χ1v) is 8.06. The maximum absolute atomic E-state index is 11.9. The molecule has 0 spiro atoms. The van der Waals surface area contributed by atoms with Crippen molar-refractivity contribution in [3.05, 3.63) is 16.1 Å². The topological polar surface area (TPSA) is 88.6 Å². The fraction of sp³-hybridized carbons (Fsp3) is 0.600. The van der Waals surface area contributed by atoms with E-state index in [9.17, 15) is 14.4 Å². The largest absolute Gasteiger partial charge is 0.455 e. The van der Waals surface area contributed by atoms with Crippen LogP contribution in [0.5, 0.6) is 0 Å². The summed E-state index contributed by atoms with van der Waals surface area (Å²) in [5, 5.41) is 5.41. The Morgan fingerprint density at radius 2 is 2.00 bits per heavy atom. The van der Waals surface area contributed by atoms with Crippen molar-refractivity contribution in [2.24, 2.45) is 0 Å². The Hall–Kier alpha value is -1.96. The van der Waals surface area contributed by atoms with Crippen molar-refractivity contribution in [2.45, 2.75) is 39.7 Å². The summed E-state index contributed by atoms with van der Waals surface area (Å²) in [7, 11) is 1.49. The fourth-order valence-electron chi connectivity index (χ4n) is 1.70. The molecule has 0 aromatic carbocycles. The highest BCUT2D eigenvalue weighted by Gasteiger charge is 2.19. The van der Waals surface area contributed by atoms with Crippen molar-refractivity contribution < 1.29 is 19.1 Å². The quantitative estimate of drug-likeness (QED) is 0.777. The van der Waals surface area contributed by atoms with Crippen molar-refractivity contribution in [1.29, 1.82) is 0 Å². The number of likely N-dealkylation sites (N-methyl/N-ethyl adjacent to an activating group) is 1. The summed E-state index contributed by atoms with van der Waals surface area (Å²) in [6, 6.07) is 0. The second-order valence-electron chi connectivity index (χ2n) is 6.24. The van der Waals surface area contributed by atoms with Gasteiger partial charge in [0.05, 0.1) is 23.7 Å². The van der Waals surface area contributed by atoms with Crippen molar-refractivity contribution in [1.82, 2.24) is 15.2 Å². The first-order chi connectivity index (χ1) is 10.6. The van der Waals surface area contributed by atoms with Gasteiger partial charge in [-0.05, 0) is 27.7 Å². The summed E-state index contributed by atoms with van der Waals surface area (Å²) in [5.74, 6) is -1.22. The monoisotopic (exact) mass is 341 g/mol. The fourth-order valence-corrected chi connectivity index (χ4v) is 2.31. The molecule has 1 heterocycles. The van der Waals surface area contributed by atoms with E-state index in [1.807, 2.05) is 27.7 Å². The predicted octanol–water partition coefficient (Wildman–Crippen LogP) is 0.910. The van der Waals surface area contributed by atoms with Crippen LogP contribution < -0.4 is 5.32 Å². The average Bonchev–Trinajstić information content (AvgIpc) is 2.78. The number of hydrogen-bond acceptors (Lipinski definition) is 6. The minimum atomic E-state index is -0.517. The summed E-state index contributed by atoms with van der Waals surface area (Å²) in [6.07, 6.45) is 0.0336. The molecular weight excluding hydrogens is 318 g/mol. The van der Waals surface area contributed by atoms with Crippen LogP contribution in [0.15, 0.2) is 5.38 Å². The van der Waals surface area contributed by atoms with E-state index in [0.717, 1.165) is 5.01 Å². The number of aromatic nitrogens is 1. The number of ether oxygens (including phenoxy) is 1. The van der Waals surface area contributed by atoms with Crippen LogP contribution in [0.1, 0.15) is 31.5 Å². The molecule has 0 saturated heterocycles. The Bertz CT molecular complexity index is 578. The van der Waals surface area contributed by atoms with E-state index in [2.05, 4.69) is 10.3 Å². The molecule has 0 saturated carbocycles. The standard InChI is InChI=1S/C15H23N3O4S/c1-10-16-11(9-23-10)6-14(21)22-8-13(20)18(5)7-12(19)17-15(2,3)4/h9H,6-8H2,1-5H3,(H,17,19). The Morgan fingerprint density at radius 3 is 2.52 bits per heavy atom. The molecule has 1 aromatic heterocycles. The van der Waals surface area contributed by atoms with Crippen LogP contribution in [-0.4, -0.2) is 53.4 Å². The number of esters is 1. The van der Waals surface area contributed by atoms with Crippen LogP contribution in [0.2, 0.25) is 0 Å². The molecule has 0 aliphatic carbocycles. The lowest BCUT2D eigenvalue weighted by atomic mass is 10.1. The van der Waals surface area contributed by atoms with Gasteiger partial charge < -0.3 is 15.0 Å². The van der Waals surface area contributed by atoms with Crippen LogP contribution in [0.25, 0.3) is 0 Å². The molecule has 0 aliphatic rings. The van der Waals surface area contributed by atoms with Crippen molar-refractivity contribution >= 4 is 29.1 Å². The van der Waals surface area contributed by atoms with Crippen LogP contribution in [0.4, 0.5) is 0 Å². The van der Waals surface area contributed by atoms with E-state index in [-0.39, 0.29) is 31.0 Å². The number of thiazole rings is 1. The zero-order valence-corrected chi connectivity index (χ0v) is 15.0. The van der Waals surface area contributed by atoms with Gasteiger partial charge in [-0.2, -0.15) is 0 Å². The molecule has 23 heavy (non-hydrogen) atoms. The maximum Gasteiger partial charge on any atom is 0.312 e. The van der Waals surface area contributed by atoms with Gasteiger partial charge in [-0.25, -0.2) is 4.98 Å². The molecule has 0 aliphatic heterocycles. The van der Waals surface area contributed by atoms with E-state index in [1.54, 1.807) is 5.38 Å². The third-order valence-electron chi connectivity index (χ3n) is 2.67. The SMILES string of the molecule is Cc1nc(CC(=O)OCC(=O)N(C)CC(=O)NC(C)(C)C)cs1. The van der Waals surface area contributed by atoms with Gasteiger partial charge in [0, 0.05) is 18.0 Å². The van der Waals surface area contributed by atoms with E-state index < -0.39 is 11.9 Å². The smallest absolute Gasteiger partial charge is 0.312 e. The van der Waals surface area contributed by atoms with Crippen LogP contribution in [0.3, 0.4) is 0 Å². The van der Waals surface area contributed by atoms with Gasteiger partial charge in [0.1, 0.15) is 0 Å². The maximum atomic E-state index is 11.9. The average molecular weight is 341 g/mol. The van der Waals surface area contributed by atoms with E-state index >= 15 is 0 Å². The third-order valence-corrected chi connectivity index (χ3v) is 3.49. The lowest BCUT2D eigenvalue weighted by Crippen LogP contribution is -2.46. The zero-order valence-electron chi connectivity index (χ0n) is 14.1. The third kappa shape index (κ3) is 7.73. The molecule has 1 rings (SSSR count). The van der Waals surface area contributed by atoms with Gasteiger partial charge in [0.25, 0.3) is 5.91 Å². The number of nitrogens with zero attached hydrogens (tertiary/aromatic N) is 2. The Labute approximate surface area is 140 Å². The number of carbonyl (C=O) groups excluding carboxylic acids is 3. The number of hydrogen-bond donors (Lipinski definition) is 1. The van der Waals surface area contributed by atoms with Crippen LogP contribution in [-0.2, 0) is 25.5 Å². The molecule has 128 valence electrons. The van der Waals surface area contributed by atoms with Gasteiger partial charge in [0.15, 0.2) is 6.61 Å². The number of rotatable bonds is 6. The molecule has 2 amide bonds. The number of aryl methyl sites for hydroxylation is 1. The Morgan fingerprint density at radius 1 is 1.35 bits per heavy atom. The molecule has 7 nitrogen and oxygen atoms in total. The summed E-state index contributed by atoms with van der Waals surface area (Å²) in [6.45, 7) is 6.94. The Balaban J connectivity index is 2.34. The number of nitrogens with one attached hydrogen (secondary N) is 1. The highest BCUT2D eigenvalue weighted by Crippen LogP contribution is 2.08. The van der Waals surface area contributed by atoms with Gasteiger partial charge in [0.2, 0.25) is 5.91 Å². The molecule has 8 heteroatoms. The lowest BCUT2D eigenvalue weighted by molar-refractivity contribution is -0.151. The molecule has 1 aromatic rings. The van der Waals surface area contributed by atoms with Crippen molar-refractivity contribution in [2.75, 3.05) is 20.2 Å². The van der Waals surface area contributed by atoms with Gasteiger partial charge in [-0.15, -0.1) is 11.3 Å². The summed E-state index contributed by atoms with van der Waals surface area (Å²) in [4.78, 5) is 40.6. The predicted molar refractivity (Wildman–Crippen MR) is 87.0 cm³/mol. The van der Waals surface area contributed by atoms with Crippen molar-refractivity contribution in [3.8, 4) is 0 Å². The molecular formula is C15H23N3O4S. The normalized spacial score (nSPS) is 11.0. The van der Waals surface area contributed by atoms with E-state index in [0.29, 0.717) is 5.69 Å². The Kier molecular flexibility index (Phi) is 6.68. The van der Waals surface area contributed by atoms with E-state index in [1.165, 1.54) is 23.3 Å². The molecule has 0 atom stereocenters. The highest BCUT2D eigenvalue weighted by atomic mass is 32.1. The first kappa shape index (κ1) is 19.1. The van der Waals surface area contributed by atoms with Crippen molar-refractivity contribution in [3.63, 3.8) is 0 Å². The minimum absolute atomic E-state index is 0.0336. The van der Waals surface area contributed by atoms with Gasteiger partial charge in [-0.1, -0.05) is 0 Å².